The van der Waals surface area contributed by atoms with Gasteiger partial charge in [-0.05, 0) is 41.9 Å². The largest absolute Gasteiger partial charge is 0.493 e. The summed E-state index contributed by atoms with van der Waals surface area (Å²) in [6.07, 6.45) is 37.4. The van der Waals surface area contributed by atoms with E-state index in [1.165, 1.54) is 97.0 Å². The van der Waals surface area contributed by atoms with Crippen molar-refractivity contribution in [3.05, 3.63) is 71.8 Å². The van der Waals surface area contributed by atoms with Crippen molar-refractivity contribution in [1.29, 1.82) is 0 Å². The van der Waals surface area contributed by atoms with E-state index >= 15 is 0 Å². The molecule has 0 aromatic rings. The quantitative estimate of drug-likeness (QED) is 0.208. The van der Waals surface area contributed by atoms with Crippen LogP contribution in [0.2, 0.25) is 0 Å². The highest BCUT2D eigenvalue weighted by atomic mass is 16.5. The molecule has 0 spiro atoms. The third-order valence-corrected chi connectivity index (χ3v) is 6.34. The molecule has 33 heavy (non-hydrogen) atoms. The van der Waals surface area contributed by atoms with Crippen molar-refractivity contribution < 1.29 is 9.53 Å². The molecular weight excluding hydrogens is 406 g/mol. The van der Waals surface area contributed by atoms with Crippen LogP contribution in [0.4, 0.5) is 0 Å². The van der Waals surface area contributed by atoms with Gasteiger partial charge < -0.3 is 9.64 Å². The van der Waals surface area contributed by atoms with Gasteiger partial charge in [0.25, 0.3) is 0 Å². The van der Waals surface area contributed by atoms with Gasteiger partial charge in [0.05, 0.1) is 7.11 Å². The standard InChI is InChI=1S/C30H45NO2/c1-3-4-5-6-7-8-9-10-11-12-13-14-15-16-23-31-24-21-27(22-25-31)17-18-28-19-20-29(32)30(26-28)33-2/h17-22,24-26H,3-16,23H2,1-2H3/b28-18-. The van der Waals surface area contributed by atoms with Crippen LogP contribution in [0.15, 0.2) is 71.8 Å². The highest BCUT2D eigenvalue weighted by Gasteiger charge is 2.10. The maximum Gasteiger partial charge on any atom is 0.220 e. The molecule has 0 atom stereocenters. The molecule has 0 radical (unpaired) electrons. The van der Waals surface area contributed by atoms with Crippen LogP contribution < -0.4 is 0 Å². The van der Waals surface area contributed by atoms with Gasteiger partial charge in [0.1, 0.15) is 0 Å². The molecule has 3 nitrogen and oxygen atoms in total. The highest BCUT2D eigenvalue weighted by molar-refractivity contribution is 6.04. The minimum Gasteiger partial charge on any atom is -0.493 e. The molecule has 3 heteroatoms. The highest BCUT2D eigenvalue weighted by Crippen LogP contribution is 2.17. The zero-order valence-corrected chi connectivity index (χ0v) is 21.1. The number of hydrogen-bond acceptors (Lipinski definition) is 3. The summed E-state index contributed by atoms with van der Waals surface area (Å²) in [5.74, 6) is 0.301. The van der Waals surface area contributed by atoms with Crippen LogP contribution in [0.1, 0.15) is 96.8 Å². The van der Waals surface area contributed by atoms with Crippen LogP contribution in [0.25, 0.3) is 0 Å². The zero-order chi connectivity index (χ0) is 23.6. The molecule has 2 rings (SSSR count). The number of allylic oxidation sites excluding steroid dienone is 9. The number of ketones is 1. The molecule has 0 amide bonds. The summed E-state index contributed by atoms with van der Waals surface area (Å²) in [5.41, 5.74) is 2.11. The van der Waals surface area contributed by atoms with E-state index in [1.54, 1.807) is 12.2 Å². The number of nitrogens with zero attached hydrogens (tertiary/aromatic N) is 1. The van der Waals surface area contributed by atoms with Gasteiger partial charge in [0.2, 0.25) is 5.78 Å². The van der Waals surface area contributed by atoms with Crippen LogP contribution in [0.5, 0.6) is 0 Å². The molecule has 0 N–H and O–H groups in total. The Morgan fingerprint density at radius 1 is 0.697 bits per heavy atom. The Bertz CT molecular complexity index is 735. The van der Waals surface area contributed by atoms with Gasteiger partial charge in [-0.15, -0.1) is 0 Å². The monoisotopic (exact) mass is 451 g/mol. The van der Waals surface area contributed by atoms with Crippen molar-refractivity contribution in [2.75, 3.05) is 13.7 Å². The predicted octanol–water partition coefficient (Wildman–Crippen LogP) is 8.33. The second-order valence-electron chi connectivity index (χ2n) is 9.21. The van der Waals surface area contributed by atoms with E-state index in [1.807, 2.05) is 12.2 Å². The topological polar surface area (TPSA) is 29.5 Å². The van der Waals surface area contributed by atoms with Crippen molar-refractivity contribution in [1.82, 2.24) is 4.90 Å². The molecule has 0 saturated heterocycles. The number of ether oxygens (including phenoxy) is 1. The van der Waals surface area contributed by atoms with Gasteiger partial charge in [-0.2, -0.15) is 0 Å². The average molecular weight is 452 g/mol. The molecule has 1 aliphatic carbocycles. The Balaban J connectivity index is 1.48. The Kier molecular flexibility index (Phi) is 14.1. The van der Waals surface area contributed by atoms with Gasteiger partial charge in [0, 0.05) is 18.9 Å². The van der Waals surface area contributed by atoms with E-state index in [0.717, 1.165) is 17.7 Å². The van der Waals surface area contributed by atoms with Crippen molar-refractivity contribution in [3.63, 3.8) is 0 Å². The van der Waals surface area contributed by atoms with Gasteiger partial charge in [0.15, 0.2) is 5.76 Å². The average Bonchev–Trinajstić information content (AvgIpc) is 2.84. The third-order valence-electron chi connectivity index (χ3n) is 6.34. The summed E-state index contributed by atoms with van der Waals surface area (Å²) in [4.78, 5) is 13.9. The molecule has 0 fully saturated rings. The smallest absolute Gasteiger partial charge is 0.220 e. The van der Waals surface area contributed by atoms with E-state index in [9.17, 15) is 4.79 Å². The Labute approximate surface area is 202 Å². The number of rotatable bonds is 17. The maximum atomic E-state index is 11.6. The van der Waals surface area contributed by atoms with Crippen molar-refractivity contribution in [3.8, 4) is 0 Å². The summed E-state index contributed by atoms with van der Waals surface area (Å²) < 4.78 is 5.11. The molecular formula is C30H45NO2. The number of methoxy groups -OCH3 is 1. The first kappa shape index (κ1) is 27.0. The normalized spacial score (nSPS) is 16.6. The third kappa shape index (κ3) is 11.9. The molecule has 0 aromatic carbocycles. The fourth-order valence-electron chi connectivity index (χ4n) is 4.20. The van der Waals surface area contributed by atoms with E-state index < -0.39 is 0 Å². The van der Waals surface area contributed by atoms with Crippen molar-refractivity contribution >= 4 is 5.78 Å². The van der Waals surface area contributed by atoms with Gasteiger partial charge in [-0.25, -0.2) is 0 Å². The molecule has 0 aromatic heterocycles. The number of carbonyl (C=O) groups is 1. The number of unbranched alkanes of at least 4 members (excludes halogenated alkanes) is 13. The lowest BCUT2D eigenvalue weighted by Gasteiger charge is -2.18. The summed E-state index contributed by atoms with van der Waals surface area (Å²) >= 11 is 0. The molecule has 0 saturated carbocycles. The molecule has 182 valence electrons. The first-order valence-electron chi connectivity index (χ1n) is 13.2. The Hall–Kier alpha value is -2.29. The van der Waals surface area contributed by atoms with Gasteiger partial charge in [-0.1, -0.05) is 109 Å². The lowest BCUT2D eigenvalue weighted by Crippen LogP contribution is -2.13. The second kappa shape index (κ2) is 17.2. The van der Waals surface area contributed by atoms with Gasteiger partial charge in [-0.3, -0.25) is 4.79 Å². The Morgan fingerprint density at radius 2 is 1.21 bits per heavy atom. The SMILES string of the molecule is CCCCCCCCCCCCCCCCN1C=CC(=C/C=C2/C=CC(=O)C(OC)=C2)C=C1. The zero-order valence-electron chi connectivity index (χ0n) is 21.1. The summed E-state index contributed by atoms with van der Waals surface area (Å²) in [7, 11) is 1.53. The fraction of sp³-hybridized carbons (Fsp3) is 0.567. The minimum absolute atomic E-state index is 0.0844. The Morgan fingerprint density at radius 3 is 1.76 bits per heavy atom. The van der Waals surface area contributed by atoms with E-state index in [0.29, 0.717) is 5.76 Å². The fourth-order valence-corrected chi connectivity index (χ4v) is 4.20. The van der Waals surface area contributed by atoms with E-state index in [2.05, 4.69) is 42.5 Å². The molecule has 1 aliphatic heterocycles. The first-order valence-corrected chi connectivity index (χ1v) is 13.2. The van der Waals surface area contributed by atoms with Crippen LogP contribution in [0, 0.1) is 0 Å². The van der Waals surface area contributed by atoms with E-state index in [-0.39, 0.29) is 5.78 Å². The van der Waals surface area contributed by atoms with Crippen LogP contribution >= 0.6 is 0 Å². The molecule has 2 aliphatic rings. The summed E-state index contributed by atoms with van der Waals surface area (Å²) in [5, 5.41) is 0. The molecule has 0 unspecified atom stereocenters. The number of hydrogen-bond donors (Lipinski definition) is 0. The maximum absolute atomic E-state index is 11.6. The van der Waals surface area contributed by atoms with Crippen LogP contribution in [-0.4, -0.2) is 24.3 Å². The summed E-state index contributed by atoms with van der Waals surface area (Å²) in [6.45, 7) is 3.37. The first-order chi connectivity index (χ1) is 16.2. The summed E-state index contributed by atoms with van der Waals surface area (Å²) in [6, 6.07) is 0. The minimum atomic E-state index is -0.0844. The van der Waals surface area contributed by atoms with Crippen molar-refractivity contribution in [2.45, 2.75) is 96.8 Å². The number of carbonyl (C=O) groups excluding carboxylic acids is 1. The van der Waals surface area contributed by atoms with Gasteiger partial charge >= 0.3 is 0 Å². The lowest BCUT2D eigenvalue weighted by atomic mass is 10.0. The van der Waals surface area contributed by atoms with E-state index in [4.69, 9.17) is 4.74 Å². The predicted molar refractivity (Wildman–Crippen MR) is 141 cm³/mol. The van der Waals surface area contributed by atoms with Crippen LogP contribution in [-0.2, 0) is 9.53 Å². The second-order valence-corrected chi connectivity index (χ2v) is 9.21. The molecule has 0 bridgehead atoms. The van der Waals surface area contributed by atoms with Crippen molar-refractivity contribution in [2.24, 2.45) is 0 Å². The lowest BCUT2D eigenvalue weighted by molar-refractivity contribution is -0.114. The van der Waals surface area contributed by atoms with Crippen LogP contribution in [0.3, 0.4) is 0 Å². The molecule has 1 heterocycles.